The van der Waals surface area contributed by atoms with Crippen LogP contribution in [0, 0.1) is 17.0 Å². The van der Waals surface area contributed by atoms with E-state index < -0.39 is 11.0 Å². The molecule has 2 N–H and O–H groups in total. The molecule has 1 amide bonds. The van der Waals surface area contributed by atoms with Crippen molar-refractivity contribution in [2.75, 3.05) is 13.2 Å². The van der Waals surface area contributed by atoms with E-state index in [9.17, 15) is 14.9 Å². The zero-order valence-corrected chi connectivity index (χ0v) is 13.0. The van der Waals surface area contributed by atoms with Crippen LogP contribution in [0.2, 0.25) is 0 Å². The van der Waals surface area contributed by atoms with Crippen LogP contribution >= 0.6 is 0 Å². The van der Waals surface area contributed by atoms with Crippen LogP contribution < -0.4 is 10.1 Å². The molecule has 0 unspecified atom stereocenters. The first-order valence-electron chi connectivity index (χ1n) is 7.24. The van der Waals surface area contributed by atoms with Gasteiger partial charge in [-0.1, -0.05) is 0 Å². The number of hydrogen-bond acceptors (Lipinski definition) is 6. The molecular weight excluding hydrogens is 318 g/mol. The number of nitrogens with one attached hydrogen (secondary N) is 1. The average molecular weight is 335 g/mol. The van der Waals surface area contributed by atoms with Gasteiger partial charge < -0.3 is 15.2 Å². The predicted molar refractivity (Wildman–Crippen MR) is 83.5 cm³/mol. The standard InChI is InChI=1S/C14H17N5O5/c1-10-16-9-18(17-10)12-5-4-11(19(22)23)8-13(12)24-7-3-2-6-15-14(20)21/h4-5,8-9,15H,2-3,6-7H2,1H3,(H,20,21). The van der Waals surface area contributed by atoms with Crippen molar-refractivity contribution in [3.63, 3.8) is 0 Å². The summed E-state index contributed by atoms with van der Waals surface area (Å²) in [5, 5.41) is 25.8. The minimum absolute atomic E-state index is 0.0851. The van der Waals surface area contributed by atoms with E-state index in [1.165, 1.54) is 23.1 Å². The van der Waals surface area contributed by atoms with Crippen LogP contribution in [-0.4, -0.2) is 44.0 Å². The number of benzene rings is 1. The van der Waals surface area contributed by atoms with E-state index >= 15 is 0 Å². The molecule has 24 heavy (non-hydrogen) atoms. The molecule has 128 valence electrons. The summed E-state index contributed by atoms with van der Waals surface area (Å²) in [6.45, 7) is 2.35. The van der Waals surface area contributed by atoms with Crippen LogP contribution in [0.5, 0.6) is 5.75 Å². The van der Waals surface area contributed by atoms with Gasteiger partial charge in [0.15, 0.2) is 5.75 Å². The molecule has 0 aliphatic carbocycles. The molecule has 10 heteroatoms. The molecule has 1 aromatic carbocycles. The molecule has 0 atom stereocenters. The molecule has 2 rings (SSSR count). The van der Waals surface area contributed by atoms with Gasteiger partial charge in [-0.2, -0.15) is 5.10 Å². The highest BCUT2D eigenvalue weighted by atomic mass is 16.6. The van der Waals surface area contributed by atoms with Crippen LogP contribution in [0.25, 0.3) is 5.69 Å². The smallest absolute Gasteiger partial charge is 0.404 e. The van der Waals surface area contributed by atoms with Crippen molar-refractivity contribution in [1.82, 2.24) is 20.1 Å². The lowest BCUT2D eigenvalue weighted by molar-refractivity contribution is -0.384. The number of unbranched alkanes of at least 4 members (excludes halogenated alkanes) is 1. The quantitative estimate of drug-likeness (QED) is 0.427. The third-order valence-electron chi connectivity index (χ3n) is 3.11. The number of rotatable bonds is 8. The Bertz CT molecular complexity index is 730. The van der Waals surface area contributed by atoms with Gasteiger partial charge in [0.05, 0.1) is 17.6 Å². The monoisotopic (exact) mass is 335 g/mol. The maximum absolute atomic E-state index is 10.9. The fraction of sp³-hybridized carbons (Fsp3) is 0.357. The summed E-state index contributed by atoms with van der Waals surface area (Å²) >= 11 is 0. The summed E-state index contributed by atoms with van der Waals surface area (Å²) in [5.74, 6) is 0.888. The van der Waals surface area contributed by atoms with Gasteiger partial charge in [0.2, 0.25) is 0 Å². The number of hydrogen-bond donors (Lipinski definition) is 2. The van der Waals surface area contributed by atoms with E-state index in [2.05, 4.69) is 15.4 Å². The number of nitrogens with zero attached hydrogens (tertiary/aromatic N) is 4. The molecule has 0 aliphatic rings. The Kier molecular flexibility index (Phi) is 5.66. The number of aromatic nitrogens is 3. The SMILES string of the molecule is Cc1ncn(-c2ccc([N+](=O)[O-])cc2OCCCCNC(=O)O)n1. The maximum atomic E-state index is 10.9. The Labute approximate surface area is 137 Å². The highest BCUT2D eigenvalue weighted by Gasteiger charge is 2.14. The van der Waals surface area contributed by atoms with Crippen molar-refractivity contribution in [2.45, 2.75) is 19.8 Å². The van der Waals surface area contributed by atoms with Crippen molar-refractivity contribution in [1.29, 1.82) is 0 Å². The summed E-state index contributed by atoms with van der Waals surface area (Å²) in [4.78, 5) is 24.8. The van der Waals surface area contributed by atoms with E-state index in [1.54, 1.807) is 13.0 Å². The number of aryl methyl sites for hydroxylation is 1. The van der Waals surface area contributed by atoms with Crippen LogP contribution in [0.1, 0.15) is 18.7 Å². The summed E-state index contributed by atoms with van der Waals surface area (Å²) in [7, 11) is 0. The zero-order valence-electron chi connectivity index (χ0n) is 13.0. The van der Waals surface area contributed by atoms with Crippen LogP contribution in [-0.2, 0) is 0 Å². The van der Waals surface area contributed by atoms with Gasteiger partial charge in [-0.25, -0.2) is 14.5 Å². The molecule has 0 spiro atoms. The van der Waals surface area contributed by atoms with Crippen LogP contribution in [0.15, 0.2) is 24.5 Å². The predicted octanol–water partition coefficient (Wildman–Crippen LogP) is 1.91. The molecule has 0 radical (unpaired) electrons. The average Bonchev–Trinajstić information content (AvgIpc) is 2.96. The van der Waals surface area contributed by atoms with Crippen LogP contribution in [0.4, 0.5) is 10.5 Å². The highest BCUT2D eigenvalue weighted by molar-refractivity contribution is 5.64. The minimum Gasteiger partial charge on any atom is -0.491 e. The summed E-state index contributed by atoms with van der Waals surface area (Å²) in [5.41, 5.74) is 0.461. The Morgan fingerprint density at radius 1 is 1.46 bits per heavy atom. The van der Waals surface area contributed by atoms with E-state index in [-0.39, 0.29) is 5.69 Å². The summed E-state index contributed by atoms with van der Waals surface area (Å²) in [6.07, 6.45) is 1.62. The van der Waals surface area contributed by atoms with Gasteiger partial charge in [-0.3, -0.25) is 10.1 Å². The molecule has 0 saturated heterocycles. The Balaban J connectivity index is 2.06. The first-order chi connectivity index (χ1) is 11.5. The number of carbonyl (C=O) groups is 1. The first-order valence-corrected chi connectivity index (χ1v) is 7.24. The van der Waals surface area contributed by atoms with Crippen LogP contribution in [0.3, 0.4) is 0 Å². The van der Waals surface area contributed by atoms with Gasteiger partial charge >= 0.3 is 6.09 Å². The van der Waals surface area contributed by atoms with Gasteiger partial charge in [0, 0.05) is 12.6 Å². The number of amides is 1. The third kappa shape index (κ3) is 4.66. The van der Waals surface area contributed by atoms with Gasteiger partial charge in [-0.15, -0.1) is 0 Å². The molecule has 1 aromatic heterocycles. The fourth-order valence-corrected chi connectivity index (χ4v) is 1.99. The molecule has 0 saturated carbocycles. The lowest BCUT2D eigenvalue weighted by Gasteiger charge is -2.11. The van der Waals surface area contributed by atoms with E-state index in [0.29, 0.717) is 43.3 Å². The van der Waals surface area contributed by atoms with Gasteiger partial charge in [-0.05, 0) is 25.8 Å². The van der Waals surface area contributed by atoms with Gasteiger partial charge in [0.25, 0.3) is 5.69 Å². The second-order valence-corrected chi connectivity index (χ2v) is 4.93. The highest BCUT2D eigenvalue weighted by Crippen LogP contribution is 2.27. The largest absolute Gasteiger partial charge is 0.491 e. The first kappa shape index (κ1) is 17.2. The van der Waals surface area contributed by atoms with Gasteiger partial charge in [0.1, 0.15) is 17.8 Å². The number of non-ortho nitro benzene ring substituents is 1. The number of carboxylic acid groups (broad SMARTS) is 1. The Morgan fingerprint density at radius 2 is 2.25 bits per heavy atom. The lowest BCUT2D eigenvalue weighted by atomic mass is 10.2. The maximum Gasteiger partial charge on any atom is 0.404 e. The van der Waals surface area contributed by atoms with Crippen molar-refractivity contribution < 1.29 is 19.6 Å². The molecular formula is C14H17N5O5. The minimum atomic E-state index is -1.07. The van der Waals surface area contributed by atoms with Crippen molar-refractivity contribution >= 4 is 11.8 Å². The van der Waals surface area contributed by atoms with Crippen molar-refractivity contribution in [2.24, 2.45) is 0 Å². The topological polar surface area (TPSA) is 132 Å². The van der Waals surface area contributed by atoms with Crippen molar-refractivity contribution in [3.8, 4) is 11.4 Å². The molecule has 10 nitrogen and oxygen atoms in total. The van der Waals surface area contributed by atoms with Crippen molar-refractivity contribution in [3.05, 3.63) is 40.5 Å². The molecule has 0 bridgehead atoms. The summed E-state index contributed by atoms with van der Waals surface area (Å²) in [6, 6.07) is 4.26. The number of ether oxygens (including phenoxy) is 1. The normalized spacial score (nSPS) is 10.4. The zero-order chi connectivity index (χ0) is 17.5. The molecule has 0 aliphatic heterocycles. The summed E-state index contributed by atoms with van der Waals surface area (Å²) < 4.78 is 7.12. The number of nitro benzene ring substituents is 1. The van der Waals surface area contributed by atoms with E-state index in [1.807, 2.05) is 0 Å². The second kappa shape index (κ2) is 7.90. The molecule has 0 fully saturated rings. The fourth-order valence-electron chi connectivity index (χ4n) is 1.99. The second-order valence-electron chi connectivity index (χ2n) is 4.93. The molecule has 1 heterocycles. The van der Waals surface area contributed by atoms with E-state index in [0.717, 1.165) is 0 Å². The number of nitro groups is 1. The lowest BCUT2D eigenvalue weighted by Crippen LogP contribution is -2.22. The van der Waals surface area contributed by atoms with E-state index in [4.69, 9.17) is 9.84 Å². The molecule has 2 aromatic rings. The Hall–Kier alpha value is -3.17. The third-order valence-corrected chi connectivity index (χ3v) is 3.11. The Morgan fingerprint density at radius 3 is 2.88 bits per heavy atom.